The van der Waals surface area contributed by atoms with Gasteiger partial charge >= 0.3 is 0 Å². The third kappa shape index (κ3) is 1.51. The van der Waals surface area contributed by atoms with Crippen molar-refractivity contribution in [2.24, 2.45) is 0 Å². The molecule has 0 aliphatic carbocycles. The van der Waals surface area contributed by atoms with Crippen molar-refractivity contribution in [3.63, 3.8) is 0 Å². The monoisotopic (exact) mass is 252 g/mol. The average Bonchev–Trinajstić information content (AvgIpc) is 2.35. The van der Waals surface area contributed by atoms with Crippen molar-refractivity contribution in [2.45, 2.75) is 38.3 Å². The van der Waals surface area contributed by atoms with E-state index in [1.165, 1.54) is 0 Å². The second-order valence-corrected chi connectivity index (χ2v) is 4.92. The Bertz CT molecular complexity index is 499. The molecule has 5 nitrogen and oxygen atoms in total. The SMILES string of the molecule is Cc1c(O)cc2c(c1O)CO[C@]1(O)CCCO[C@H]21. The molecule has 2 heterocycles. The standard InChI is InChI=1S/C13H16O5/c1-7-10(14)5-8-9(11(7)15)6-18-13(16)3-2-4-17-12(8)13/h5,12,14-16H,2-4,6H2,1H3/t12-,13-/m1/s1. The number of fused-ring (bicyclic) bond motifs is 3. The molecule has 1 aromatic carbocycles. The topological polar surface area (TPSA) is 79.2 Å². The fraction of sp³-hybridized carbons (Fsp3) is 0.538. The molecule has 18 heavy (non-hydrogen) atoms. The van der Waals surface area contributed by atoms with Crippen molar-refractivity contribution >= 4 is 0 Å². The van der Waals surface area contributed by atoms with E-state index < -0.39 is 11.9 Å². The molecule has 2 atom stereocenters. The Balaban J connectivity index is 2.15. The lowest BCUT2D eigenvalue weighted by atomic mass is 9.87. The summed E-state index contributed by atoms with van der Waals surface area (Å²) in [5, 5.41) is 30.2. The van der Waals surface area contributed by atoms with Gasteiger partial charge < -0.3 is 24.8 Å². The molecule has 0 unspecified atom stereocenters. The first-order valence-corrected chi connectivity index (χ1v) is 6.05. The van der Waals surface area contributed by atoms with Gasteiger partial charge in [0.25, 0.3) is 0 Å². The number of hydrogen-bond donors (Lipinski definition) is 3. The molecule has 2 aliphatic heterocycles. The van der Waals surface area contributed by atoms with Crippen LogP contribution < -0.4 is 0 Å². The second-order valence-electron chi connectivity index (χ2n) is 4.92. The van der Waals surface area contributed by atoms with Crippen molar-refractivity contribution in [2.75, 3.05) is 6.61 Å². The van der Waals surface area contributed by atoms with Crippen molar-refractivity contribution in [3.05, 3.63) is 22.8 Å². The average molecular weight is 252 g/mol. The molecule has 2 aliphatic rings. The van der Waals surface area contributed by atoms with Crippen LogP contribution in [0.3, 0.4) is 0 Å². The van der Waals surface area contributed by atoms with Gasteiger partial charge in [0.2, 0.25) is 0 Å². The largest absolute Gasteiger partial charge is 0.508 e. The minimum Gasteiger partial charge on any atom is -0.508 e. The van der Waals surface area contributed by atoms with E-state index in [-0.39, 0.29) is 18.1 Å². The van der Waals surface area contributed by atoms with Crippen molar-refractivity contribution in [1.29, 1.82) is 0 Å². The first-order chi connectivity index (χ1) is 8.53. The van der Waals surface area contributed by atoms with Crippen LogP contribution in [0.4, 0.5) is 0 Å². The molecule has 3 rings (SSSR count). The summed E-state index contributed by atoms with van der Waals surface area (Å²) >= 11 is 0. The molecule has 0 radical (unpaired) electrons. The van der Waals surface area contributed by atoms with Gasteiger partial charge in [-0.1, -0.05) is 0 Å². The van der Waals surface area contributed by atoms with Crippen LogP contribution in [0.15, 0.2) is 6.07 Å². The van der Waals surface area contributed by atoms with Gasteiger partial charge in [-0.05, 0) is 25.0 Å². The van der Waals surface area contributed by atoms with Crippen molar-refractivity contribution < 1.29 is 24.8 Å². The number of aromatic hydroxyl groups is 2. The fourth-order valence-corrected chi connectivity index (χ4v) is 2.68. The van der Waals surface area contributed by atoms with E-state index >= 15 is 0 Å². The van der Waals surface area contributed by atoms with E-state index in [2.05, 4.69) is 0 Å². The number of phenolic OH excluding ortho intramolecular Hbond substituents is 2. The van der Waals surface area contributed by atoms with Crippen LogP contribution in [0.5, 0.6) is 11.5 Å². The van der Waals surface area contributed by atoms with Crippen LogP contribution in [-0.4, -0.2) is 27.7 Å². The van der Waals surface area contributed by atoms with Crippen LogP contribution in [0.2, 0.25) is 0 Å². The Morgan fingerprint density at radius 2 is 2.17 bits per heavy atom. The predicted octanol–water partition coefficient (Wildman–Crippen LogP) is 1.48. The number of hydrogen-bond acceptors (Lipinski definition) is 5. The Labute approximate surface area is 105 Å². The van der Waals surface area contributed by atoms with Gasteiger partial charge in [0.05, 0.1) is 6.61 Å². The van der Waals surface area contributed by atoms with Gasteiger partial charge in [0.1, 0.15) is 17.6 Å². The van der Waals surface area contributed by atoms with Crippen molar-refractivity contribution in [3.8, 4) is 11.5 Å². The molecule has 1 fully saturated rings. The maximum Gasteiger partial charge on any atom is 0.196 e. The number of aliphatic hydroxyl groups is 1. The summed E-state index contributed by atoms with van der Waals surface area (Å²) in [4.78, 5) is 0. The molecule has 0 amide bonds. The summed E-state index contributed by atoms with van der Waals surface area (Å²) in [5.41, 5.74) is 1.62. The van der Waals surface area contributed by atoms with E-state index in [0.29, 0.717) is 29.7 Å². The quantitative estimate of drug-likeness (QED) is 0.651. The molecule has 0 bridgehead atoms. The number of phenols is 2. The molecule has 0 spiro atoms. The zero-order valence-electron chi connectivity index (χ0n) is 10.1. The van der Waals surface area contributed by atoms with Gasteiger partial charge in [-0.2, -0.15) is 0 Å². The highest BCUT2D eigenvalue weighted by molar-refractivity contribution is 5.53. The van der Waals surface area contributed by atoms with Gasteiger partial charge in [-0.25, -0.2) is 0 Å². The molecule has 1 saturated heterocycles. The molecule has 0 aromatic heterocycles. The maximum atomic E-state index is 10.4. The van der Waals surface area contributed by atoms with Crippen LogP contribution in [0.1, 0.15) is 35.6 Å². The minimum absolute atomic E-state index is 0.00433. The summed E-state index contributed by atoms with van der Waals surface area (Å²) in [7, 11) is 0. The van der Waals surface area contributed by atoms with Gasteiger partial charge in [0.15, 0.2) is 5.79 Å². The molecular formula is C13H16O5. The van der Waals surface area contributed by atoms with Crippen LogP contribution in [0.25, 0.3) is 0 Å². The number of benzene rings is 1. The predicted molar refractivity (Wildman–Crippen MR) is 62.2 cm³/mol. The Kier molecular flexibility index (Phi) is 2.52. The number of rotatable bonds is 0. The first kappa shape index (κ1) is 11.8. The molecule has 3 N–H and O–H groups in total. The normalized spacial score (nSPS) is 30.7. The lowest BCUT2D eigenvalue weighted by Crippen LogP contribution is -2.46. The van der Waals surface area contributed by atoms with Gasteiger partial charge in [-0.3, -0.25) is 0 Å². The van der Waals surface area contributed by atoms with E-state index in [4.69, 9.17) is 9.47 Å². The molecule has 98 valence electrons. The first-order valence-electron chi connectivity index (χ1n) is 6.05. The highest BCUT2D eigenvalue weighted by atomic mass is 16.7. The zero-order chi connectivity index (χ0) is 12.9. The van der Waals surface area contributed by atoms with Gasteiger partial charge in [0, 0.05) is 24.2 Å². The maximum absolute atomic E-state index is 10.4. The third-order valence-electron chi connectivity index (χ3n) is 3.79. The highest BCUT2D eigenvalue weighted by Crippen LogP contribution is 2.48. The van der Waals surface area contributed by atoms with E-state index in [0.717, 1.165) is 6.42 Å². The summed E-state index contributed by atoms with van der Waals surface area (Å²) in [6.45, 7) is 2.29. The lowest BCUT2D eigenvalue weighted by Gasteiger charge is -2.43. The Morgan fingerprint density at radius 3 is 2.94 bits per heavy atom. The van der Waals surface area contributed by atoms with Gasteiger partial charge in [-0.15, -0.1) is 0 Å². The zero-order valence-corrected chi connectivity index (χ0v) is 10.1. The molecule has 5 heteroatoms. The minimum atomic E-state index is -1.35. The van der Waals surface area contributed by atoms with Crippen molar-refractivity contribution in [1.82, 2.24) is 0 Å². The molecule has 1 aromatic rings. The smallest absolute Gasteiger partial charge is 0.196 e. The van der Waals surface area contributed by atoms with E-state index in [9.17, 15) is 15.3 Å². The summed E-state index contributed by atoms with van der Waals surface area (Å²) < 4.78 is 11.0. The Hall–Kier alpha value is -1.30. The number of ether oxygens (including phenoxy) is 2. The van der Waals surface area contributed by atoms with Crippen LogP contribution in [0, 0.1) is 6.92 Å². The lowest BCUT2D eigenvalue weighted by molar-refractivity contribution is -0.305. The van der Waals surface area contributed by atoms with E-state index in [1.54, 1.807) is 13.0 Å². The highest BCUT2D eigenvalue weighted by Gasteiger charge is 2.47. The summed E-state index contributed by atoms with van der Waals surface area (Å²) in [5.74, 6) is -1.33. The molecule has 0 saturated carbocycles. The van der Waals surface area contributed by atoms with Crippen LogP contribution >= 0.6 is 0 Å². The Morgan fingerprint density at radius 1 is 1.39 bits per heavy atom. The molecular weight excluding hydrogens is 236 g/mol. The van der Waals surface area contributed by atoms with E-state index in [1.807, 2.05) is 0 Å². The second kappa shape index (κ2) is 3.85. The summed E-state index contributed by atoms with van der Waals surface area (Å²) in [6.07, 6.45) is 0.575. The van der Waals surface area contributed by atoms with Crippen LogP contribution in [-0.2, 0) is 16.1 Å². The fourth-order valence-electron chi connectivity index (χ4n) is 2.68. The third-order valence-corrected chi connectivity index (χ3v) is 3.79. The summed E-state index contributed by atoms with van der Waals surface area (Å²) in [6, 6.07) is 1.55.